The Morgan fingerprint density at radius 1 is 1.14 bits per heavy atom. The van der Waals surface area contributed by atoms with Crippen molar-refractivity contribution in [3.63, 3.8) is 0 Å². The Hall–Kier alpha value is -2.10. The van der Waals surface area contributed by atoms with Crippen LogP contribution in [0, 0.1) is 0 Å². The molecule has 2 rings (SSSR count). The number of methoxy groups -OCH3 is 1. The van der Waals surface area contributed by atoms with Crippen molar-refractivity contribution in [3.8, 4) is 5.75 Å². The van der Waals surface area contributed by atoms with Crippen molar-refractivity contribution in [3.05, 3.63) is 46.8 Å². The topological polar surface area (TPSA) is 74.2 Å². The van der Waals surface area contributed by atoms with E-state index in [9.17, 15) is 8.42 Å². The fourth-order valence-electron chi connectivity index (χ4n) is 2.46. The Balaban J connectivity index is 2.10. The number of ether oxygens (including phenoxy) is 1. The zero-order chi connectivity index (χ0) is 20.7. The van der Waals surface area contributed by atoms with Crippen LogP contribution in [-0.2, 0) is 23.1 Å². The molecule has 1 aromatic carbocycles. The van der Waals surface area contributed by atoms with E-state index in [1.807, 2.05) is 49.2 Å². The van der Waals surface area contributed by atoms with Gasteiger partial charge in [0, 0.05) is 39.1 Å². The largest absolute Gasteiger partial charge is 0.497 e. The van der Waals surface area contributed by atoms with E-state index in [1.165, 1.54) is 29.7 Å². The molecule has 0 amide bonds. The molecule has 0 bridgehead atoms. The van der Waals surface area contributed by atoms with E-state index >= 15 is 0 Å². The molecule has 28 heavy (non-hydrogen) atoms. The standard InChI is InChI=1S/C19H28N4O3S2/c1-6-20-19(23(4)14-15-7-9-16(26-5)10-8-15)21-13-17-11-12-18(27-17)28(24,25)22(2)3/h7-12H,6,13-14H2,1-5H3,(H,20,21). The van der Waals surface area contributed by atoms with Gasteiger partial charge in [0.1, 0.15) is 9.96 Å². The van der Waals surface area contributed by atoms with Gasteiger partial charge in [0.2, 0.25) is 0 Å². The number of benzene rings is 1. The summed E-state index contributed by atoms with van der Waals surface area (Å²) in [5.41, 5.74) is 1.14. The summed E-state index contributed by atoms with van der Waals surface area (Å²) in [6, 6.07) is 11.4. The molecule has 0 aliphatic carbocycles. The van der Waals surface area contributed by atoms with Gasteiger partial charge in [0.25, 0.3) is 10.0 Å². The van der Waals surface area contributed by atoms with Crippen molar-refractivity contribution >= 4 is 27.3 Å². The van der Waals surface area contributed by atoms with Crippen LogP contribution in [0.2, 0.25) is 0 Å². The number of guanidine groups is 1. The highest BCUT2D eigenvalue weighted by atomic mass is 32.2. The Kier molecular flexibility index (Phi) is 7.85. The lowest BCUT2D eigenvalue weighted by atomic mass is 10.2. The molecule has 1 N–H and O–H groups in total. The third-order valence-electron chi connectivity index (χ3n) is 4.03. The maximum Gasteiger partial charge on any atom is 0.252 e. The van der Waals surface area contributed by atoms with Crippen LogP contribution in [0.1, 0.15) is 17.4 Å². The zero-order valence-corrected chi connectivity index (χ0v) is 18.6. The fraction of sp³-hybridized carbons (Fsp3) is 0.421. The average molecular weight is 425 g/mol. The molecule has 0 radical (unpaired) electrons. The lowest BCUT2D eigenvalue weighted by Crippen LogP contribution is -2.38. The van der Waals surface area contributed by atoms with E-state index in [-0.39, 0.29) is 0 Å². The number of nitrogens with zero attached hydrogens (tertiary/aromatic N) is 3. The van der Waals surface area contributed by atoms with Crippen molar-refractivity contribution in [2.75, 3.05) is 34.8 Å². The van der Waals surface area contributed by atoms with Crippen molar-refractivity contribution in [2.24, 2.45) is 4.99 Å². The third kappa shape index (κ3) is 5.70. The molecule has 0 fully saturated rings. The number of hydrogen-bond acceptors (Lipinski definition) is 5. The normalized spacial score (nSPS) is 12.3. The van der Waals surface area contributed by atoms with Gasteiger partial charge in [-0.05, 0) is 36.8 Å². The molecule has 0 atom stereocenters. The minimum atomic E-state index is -3.40. The van der Waals surface area contributed by atoms with Crippen LogP contribution in [0.3, 0.4) is 0 Å². The predicted molar refractivity (Wildman–Crippen MR) is 114 cm³/mol. The van der Waals surface area contributed by atoms with Gasteiger partial charge in [-0.15, -0.1) is 11.3 Å². The predicted octanol–water partition coefficient (Wildman–Crippen LogP) is 2.60. The summed E-state index contributed by atoms with van der Waals surface area (Å²) < 4.78 is 31.2. The second-order valence-electron chi connectivity index (χ2n) is 6.38. The van der Waals surface area contributed by atoms with E-state index in [1.54, 1.807) is 13.2 Å². The van der Waals surface area contributed by atoms with Crippen LogP contribution in [-0.4, -0.2) is 58.4 Å². The van der Waals surface area contributed by atoms with Gasteiger partial charge in [-0.25, -0.2) is 17.7 Å². The van der Waals surface area contributed by atoms with Crippen molar-refractivity contribution < 1.29 is 13.2 Å². The first-order chi connectivity index (χ1) is 13.3. The first-order valence-corrected chi connectivity index (χ1v) is 11.2. The summed E-state index contributed by atoms with van der Waals surface area (Å²) in [6.45, 7) is 3.88. The van der Waals surface area contributed by atoms with Gasteiger partial charge in [-0.2, -0.15) is 0 Å². The molecular weight excluding hydrogens is 396 g/mol. The number of rotatable bonds is 8. The maximum atomic E-state index is 12.2. The van der Waals surface area contributed by atoms with Gasteiger partial charge in [0.15, 0.2) is 5.96 Å². The van der Waals surface area contributed by atoms with Crippen LogP contribution in [0.5, 0.6) is 5.75 Å². The fourth-order valence-corrected chi connectivity index (χ4v) is 4.91. The first kappa shape index (κ1) is 22.2. The molecule has 1 heterocycles. The van der Waals surface area contributed by atoms with Crippen LogP contribution < -0.4 is 10.1 Å². The molecule has 7 nitrogen and oxygen atoms in total. The molecule has 2 aromatic rings. The molecule has 9 heteroatoms. The smallest absolute Gasteiger partial charge is 0.252 e. The van der Waals surface area contributed by atoms with Crippen molar-refractivity contribution in [1.29, 1.82) is 0 Å². The number of aliphatic imine (C=N–C) groups is 1. The third-order valence-corrected chi connectivity index (χ3v) is 7.38. The van der Waals surface area contributed by atoms with Crippen LogP contribution in [0.15, 0.2) is 45.6 Å². The van der Waals surface area contributed by atoms with Gasteiger partial charge in [-0.1, -0.05) is 12.1 Å². The maximum absolute atomic E-state index is 12.2. The van der Waals surface area contributed by atoms with Gasteiger partial charge in [-0.3, -0.25) is 0 Å². The van der Waals surface area contributed by atoms with Crippen molar-refractivity contribution in [2.45, 2.75) is 24.2 Å². The minimum absolute atomic E-state index is 0.333. The van der Waals surface area contributed by atoms with E-state index in [0.29, 0.717) is 17.3 Å². The summed E-state index contributed by atoms with van der Waals surface area (Å²) in [7, 11) is 3.29. The Labute approximate surface area is 171 Å². The molecular formula is C19H28N4O3S2. The van der Waals surface area contributed by atoms with Crippen LogP contribution in [0.4, 0.5) is 0 Å². The summed E-state index contributed by atoms with van der Waals surface area (Å²) >= 11 is 1.25. The second-order valence-corrected chi connectivity index (χ2v) is 9.93. The molecule has 1 aromatic heterocycles. The second kappa shape index (κ2) is 9.90. The molecule has 0 spiro atoms. The SMILES string of the molecule is CCNC(=NCc1ccc(S(=O)(=O)N(C)C)s1)N(C)Cc1ccc(OC)cc1. The number of thiophene rings is 1. The summed E-state index contributed by atoms with van der Waals surface area (Å²) in [4.78, 5) is 7.60. The first-order valence-electron chi connectivity index (χ1n) is 8.91. The van der Waals surface area contributed by atoms with E-state index in [2.05, 4.69) is 10.3 Å². The summed E-state index contributed by atoms with van der Waals surface area (Å²) in [5.74, 6) is 1.59. The molecule has 0 unspecified atom stereocenters. The molecule has 0 saturated heterocycles. The number of hydrogen-bond donors (Lipinski definition) is 1. The van der Waals surface area contributed by atoms with Gasteiger partial charge < -0.3 is 15.0 Å². The molecule has 154 valence electrons. The molecule has 0 aliphatic rings. The van der Waals surface area contributed by atoms with Crippen LogP contribution >= 0.6 is 11.3 Å². The highest BCUT2D eigenvalue weighted by Crippen LogP contribution is 2.24. The zero-order valence-electron chi connectivity index (χ0n) is 17.0. The summed E-state index contributed by atoms with van der Waals surface area (Å²) in [6.07, 6.45) is 0. The molecule has 0 saturated carbocycles. The van der Waals surface area contributed by atoms with E-state index in [0.717, 1.165) is 28.7 Å². The highest BCUT2D eigenvalue weighted by Gasteiger charge is 2.19. The Morgan fingerprint density at radius 2 is 1.82 bits per heavy atom. The lowest BCUT2D eigenvalue weighted by molar-refractivity contribution is 0.414. The summed E-state index contributed by atoms with van der Waals surface area (Å²) in [5, 5.41) is 3.28. The van der Waals surface area contributed by atoms with E-state index < -0.39 is 10.0 Å². The van der Waals surface area contributed by atoms with Gasteiger partial charge in [0.05, 0.1) is 13.7 Å². The highest BCUT2D eigenvalue weighted by molar-refractivity contribution is 7.91. The van der Waals surface area contributed by atoms with Crippen LogP contribution in [0.25, 0.3) is 0 Å². The number of nitrogens with one attached hydrogen (secondary N) is 1. The Bertz CT molecular complexity index is 890. The quantitative estimate of drug-likeness (QED) is 0.521. The monoisotopic (exact) mass is 424 g/mol. The van der Waals surface area contributed by atoms with E-state index in [4.69, 9.17) is 4.74 Å². The molecule has 0 aliphatic heterocycles. The average Bonchev–Trinajstić information content (AvgIpc) is 3.15. The number of sulfonamides is 1. The minimum Gasteiger partial charge on any atom is -0.497 e. The lowest BCUT2D eigenvalue weighted by Gasteiger charge is -2.22. The van der Waals surface area contributed by atoms with Gasteiger partial charge >= 0.3 is 0 Å². The van der Waals surface area contributed by atoms with Crippen molar-refractivity contribution in [1.82, 2.24) is 14.5 Å². The Morgan fingerprint density at radius 3 is 2.39 bits per heavy atom.